The third-order valence-electron chi connectivity index (χ3n) is 4.34. The Morgan fingerprint density at radius 1 is 1.31 bits per heavy atom. The van der Waals surface area contributed by atoms with Crippen molar-refractivity contribution < 1.29 is 23.9 Å². The molecule has 1 N–H and O–H groups in total. The highest BCUT2D eigenvalue weighted by Crippen LogP contribution is 2.15. The van der Waals surface area contributed by atoms with Crippen molar-refractivity contribution in [1.82, 2.24) is 15.1 Å². The maximum atomic E-state index is 12.1. The van der Waals surface area contributed by atoms with Gasteiger partial charge in [-0.25, -0.2) is 4.79 Å². The first kappa shape index (κ1) is 18.7. The van der Waals surface area contributed by atoms with E-state index in [-0.39, 0.29) is 30.6 Å². The summed E-state index contributed by atoms with van der Waals surface area (Å²) in [5.74, 6) is -0.159. The molecule has 9 heteroatoms. The number of aryl methyl sites for hydroxylation is 1. The smallest absolute Gasteiger partial charge is 0.410 e. The number of carbonyl (C=O) groups is 3. The Hall–Kier alpha value is -2.13. The monoisotopic (exact) mass is 381 g/mol. The molecule has 3 rings (SSSR count). The fourth-order valence-corrected chi connectivity index (χ4v) is 3.74. The molecule has 26 heavy (non-hydrogen) atoms. The number of hydrogen-bond donors (Lipinski definition) is 1. The van der Waals surface area contributed by atoms with Crippen molar-refractivity contribution in [2.45, 2.75) is 19.4 Å². The van der Waals surface area contributed by atoms with Crippen molar-refractivity contribution in [3.05, 3.63) is 21.9 Å². The molecule has 2 fully saturated rings. The van der Waals surface area contributed by atoms with Crippen molar-refractivity contribution in [2.24, 2.45) is 0 Å². The summed E-state index contributed by atoms with van der Waals surface area (Å²) in [6.45, 7) is 5.10. The standard InChI is InChI=1S/C17H23N3O5S/c1-12-3-4-14(26-12)16(22)18-9-13-10-20(17(23)25-13)6-2-5-19-7-8-24-11-15(19)21/h3-4,13H,2,5-11H2,1H3,(H,18,22). The second-order valence-electron chi connectivity index (χ2n) is 6.36. The number of thiophene rings is 1. The lowest BCUT2D eigenvalue weighted by molar-refractivity contribution is -0.142. The molecular formula is C17H23N3O5S. The van der Waals surface area contributed by atoms with Crippen LogP contribution >= 0.6 is 11.3 Å². The van der Waals surface area contributed by atoms with Crippen molar-refractivity contribution >= 4 is 29.2 Å². The minimum absolute atomic E-state index is 0.00958. The normalized spacial score (nSPS) is 20.4. The van der Waals surface area contributed by atoms with Gasteiger partial charge in [-0.2, -0.15) is 0 Å². The third-order valence-corrected chi connectivity index (χ3v) is 5.34. The van der Waals surface area contributed by atoms with Crippen molar-refractivity contribution in [2.75, 3.05) is 45.9 Å². The number of carbonyl (C=O) groups excluding carboxylic acids is 3. The molecule has 142 valence electrons. The van der Waals surface area contributed by atoms with Crippen LogP contribution in [0.4, 0.5) is 4.79 Å². The van der Waals surface area contributed by atoms with Gasteiger partial charge in [0.25, 0.3) is 5.91 Å². The van der Waals surface area contributed by atoms with Gasteiger partial charge in [0.15, 0.2) is 0 Å². The van der Waals surface area contributed by atoms with Gasteiger partial charge in [-0.1, -0.05) is 0 Å². The molecule has 3 amide bonds. The maximum absolute atomic E-state index is 12.1. The molecule has 3 heterocycles. The van der Waals surface area contributed by atoms with Crippen LogP contribution in [-0.4, -0.2) is 79.7 Å². The number of ether oxygens (including phenoxy) is 2. The highest BCUT2D eigenvalue weighted by atomic mass is 32.1. The van der Waals surface area contributed by atoms with Gasteiger partial charge in [0.05, 0.1) is 24.6 Å². The predicted molar refractivity (Wildman–Crippen MR) is 95.2 cm³/mol. The molecule has 0 spiro atoms. The van der Waals surface area contributed by atoms with E-state index in [2.05, 4.69) is 5.32 Å². The zero-order valence-corrected chi connectivity index (χ0v) is 15.5. The van der Waals surface area contributed by atoms with E-state index >= 15 is 0 Å². The van der Waals surface area contributed by atoms with Gasteiger partial charge in [0, 0.05) is 24.5 Å². The summed E-state index contributed by atoms with van der Waals surface area (Å²) >= 11 is 1.43. The average Bonchev–Trinajstić information content (AvgIpc) is 3.20. The highest BCUT2D eigenvalue weighted by Gasteiger charge is 2.31. The Morgan fingerprint density at radius 3 is 2.85 bits per heavy atom. The number of hydrogen-bond acceptors (Lipinski definition) is 6. The Balaban J connectivity index is 1.38. The zero-order chi connectivity index (χ0) is 18.5. The van der Waals surface area contributed by atoms with Crippen LogP contribution in [0.2, 0.25) is 0 Å². The molecule has 0 aromatic carbocycles. The second-order valence-corrected chi connectivity index (χ2v) is 7.65. The minimum Gasteiger partial charge on any atom is -0.442 e. The SMILES string of the molecule is Cc1ccc(C(=O)NCC2CN(CCCN3CCOCC3=O)C(=O)O2)s1. The summed E-state index contributed by atoms with van der Waals surface area (Å²) in [6.07, 6.45) is -0.0314. The second kappa shape index (κ2) is 8.50. The number of nitrogens with zero attached hydrogens (tertiary/aromatic N) is 2. The molecule has 0 saturated carbocycles. The Kier molecular flexibility index (Phi) is 6.10. The largest absolute Gasteiger partial charge is 0.442 e. The lowest BCUT2D eigenvalue weighted by atomic mass is 10.3. The summed E-state index contributed by atoms with van der Waals surface area (Å²) in [6, 6.07) is 3.69. The van der Waals surface area contributed by atoms with Crippen LogP contribution in [-0.2, 0) is 14.3 Å². The molecule has 1 aromatic heterocycles. The van der Waals surface area contributed by atoms with Crippen molar-refractivity contribution in [1.29, 1.82) is 0 Å². The average molecular weight is 381 g/mol. The topological polar surface area (TPSA) is 88.2 Å². The summed E-state index contributed by atoms with van der Waals surface area (Å²) in [5.41, 5.74) is 0. The molecule has 1 unspecified atom stereocenters. The molecule has 0 aliphatic carbocycles. The number of rotatable bonds is 7. The molecule has 2 aliphatic rings. The van der Waals surface area contributed by atoms with E-state index in [0.29, 0.717) is 50.6 Å². The van der Waals surface area contributed by atoms with Gasteiger partial charge in [-0.3, -0.25) is 9.59 Å². The van der Waals surface area contributed by atoms with Crippen LogP contribution in [0.25, 0.3) is 0 Å². The number of nitrogens with one attached hydrogen (secondary N) is 1. The van der Waals surface area contributed by atoms with E-state index in [1.807, 2.05) is 13.0 Å². The summed E-state index contributed by atoms with van der Waals surface area (Å²) in [7, 11) is 0. The number of cyclic esters (lactones) is 1. The first-order chi connectivity index (χ1) is 12.5. The van der Waals surface area contributed by atoms with Crippen LogP contribution in [0.3, 0.4) is 0 Å². The molecule has 0 bridgehead atoms. The highest BCUT2D eigenvalue weighted by molar-refractivity contribution is 7.13. The molecule has 1 aromatic rings. The number of morpholine rings is 1. The number of amides is 3. The summed E-state index contributed by atoms with van der Waals surface area (Å²) in [4.78, 5) is 40.8. The van der Waals surface area contributed by atoms with E-state index in [9.17, 15) is 14.4 Å². The van der Waals surface area contributed by atoms with Crippen LogP contribution in [0.15, 0.2) is 12.1 Å². The molecule has 2 aliphatic heterocycles. The van der Waals surface area contributed by atoms with Gasteiger partial charge in [-0.05, 0) is 25.5 Å². The zero-order valence-electron chi connectivity index (χ0n) is 14.7. The van der Waals surface area contributed by atoms with Crippen LogP contribution in [0, 0.1) is 6.92 Å². The van der Waals surface area contributed by atoms with Gasteiger partial charge < -0.3 is 24.6 Å². The van der Waals surface area contributed by atoms with Crippen LogP contribution < -0.4 is 5.32 Å². The van der Waals surface area contributed by atoms with E-state index in [1.54, 1.807) is 15.9 Å². The molecule has 0 radical (unpaired) electrons. The van der Waals surface area contributed by atoms with Crippen LogP contribution in [0.1, 0.15) is 21.0 Å². The Labute approximate surface area is 156 Å². The van der Waals surface area contributed by atoms with Gasteiger partial charge in [0.1, 0.15) is 12.7 Å². The van der Waals surface area contributed by atoms with Gasteiger partial charge in [-0.15, -0.1) is 11.3 Å². The first-order valence-electron chi connectivity index (χ1n) is 8.68. The molecule has 1 atom stereocenters. The Bertz CT molecular complexity index is 677. The third kappa shape index (κ3) is 4.73. The molecule has 2 saturated heterocycles. The lowest BCUT2D eigenvalue weighted by Crippen LogP contribution is -2.43. The predicted octanol–water partition coefficient (Wildman–Crippen LogP) is 0.856. The molecular weight excluding hydrogens is 358 g/mol. The minimum atomic E-state index is -0.371. The van der Waals surface area contributed by atoms with Crippen molar-refractivity contribution in [3.8, 4) is 0 Å². The summed E-state index contributed by atoms with van der Waals surface area (Å²) in [5, 5.41) is 2.81. The first-order valence-corrected chi connectivity index (χ1v) is 9.50. The van der Waals surface area contributed by atoms with E-state index in [1.165, 1.54) is 11.3 Å². The maximum Gasteiger partial charge on any atom is 0.410 e. The van der Waals surface area contributed by atoms with Gasteiger partial charge in [0.2, 0.25) is 5.91 Å². The van der Waals surface area contributed by atoms with E-state index < -0.39 is 0 Å². The quantitative estimate of drug-likeness (QED) is 0.757. The van der Waals surface area contributed by atoms with Crippen LogP contribution in [0.5, 0.6) is 0 Å². The fourth-order valence-electron chi connectivity index (χ4n) is 2.95. The molecule has 8 nitrogen and oxygen atoms in total. The lowest BCUT2D eigenvalue weighted by Gasteiger charge is -2.27. The summed E-state index contributed by atoms with van der Waals surface area (Å²) < 4.78 is 10.4. The van der Waals surface area contributed by atoms with E-state index in [4.69, 9.17) is 9.47 Å². The fraction of sp³-hybridized carbons (Fsp3) is 0.588. The van der Waals surface area contributed by atoms with Crippen molar-refractivity contribution in [3.63, 3.8) is 0 Å². The Morgan fingerprint density at radius 2 is 2.12 bits per heavy atom. The van der Waals surface area contributed by atoms with E-state index in [0.717, 1.165) is 4.88 Å². The van der Waals surface area contributed by atoms with Gasteiger partial charge >= 0.3 is 6.09 Å².